The molecule has 1 aliphatic heterocycles. The molecule has 3 aromatic heterocycles. The van der Waals surface area contributed by atoms with Gasteiger partial charge in [-0.2, -0.15) is 4.98 Å². The number of hydrogen-bond acceptors (Lipinski definition) is 7. The molecule has 190 valence electrons. The van der Waals surface area contributed by atoms with Crippen molar-refractivity contribution in [3.8, 4) is 17.0 Å². The monoisotopic (exact) mass is 507 g/mol. The molecular weight excluding hydrogens is 480 g/mol. The number of hydrogen-bond donors (Lipinski definition) is 1. The molecule has 1 aliphatic carbocycles. The maximum Gasteiger partial charge on any atom is 0.280 e. The second-order valence-electron chi connectivity index (χ2n) is 9.29. The van der Waals surface area contributed by atoms with Crippen LogP contribution in [-0.4, -0.2) is 79.6 Å². The molecule has 1 saturated heterocycles. The van der Waals surface area contributed by atoms with E-state index in [1.165, 1.54) is 16.3 Å². The topological polar surface area (TPSA) is 85.4 Å². The molecule has 1 atom stereocenters. The molecule has 2 fully saturated rings. The van der Waals surface area contributed by atoms with Gasteiger partial charge in [0, 0.05) is 35.3 Å². The lowest BCUT2D eigenvalue weighted by Crippen LogP contribution is -2.53. The number of likely N-dealkylation sites (tertiary alicyclic amines) is 1. The quantitative estimate of drug-likeness (QED) is 0.411. The molecule has 0 amide bonds. The van der Waals surface area contributed by atoms with Gasteiger partial charge in [-0.3, -0.25) is 0 Å². The van der Waals surface area contributed by atoms with Crippen LogP contribution in [-0.2, 0) is 0 Å². The molecule has 2 aliphatic rings. The number of rotatable bonds is 5. The highest BCUT2D eigenvalue weighted by molar-refractivity contribution is 5.89. The van der Waals surface area contributed by atoms with Crippen LogP contribution in [0.1, 0.15) is 29.4 Å². The highest BCUT2D eigenvalue weighted by Gasteiger charge is 2.47. The third kappa shape index (κ3) is 3.81. The minimum absolute atomic E-state index is 0.0385. The van der Waals surface area contributed by atoms with E-state index < -0.39 is 37.4 Å². The molecule has 36 heavy (non-hydrogen) atoms. The van der Waals surface area contributed by atoms with E-state index in [2.05, 4.69) is 25.7 Å². The number of piperidine rings is 1. The van der Waals surface area contributed by atoms with Crippen molar-refractivity contribution < 1.29 is 26.4 Å². The first-order valence-corrected chi connectivity index (χ1v) is 11.4. The van der Waals surface area contributed by atoms with Gasteiger partial charge in [0.15, 0.2) is 0 Å². The number of nitrogens with zero attached hydrogens (tertiary/aromatic N) is 7. The van der Waals surface area contributed by atoms with Crippen molar-refractivity contribution in [3.63, 3.8) is 0 Å². The number of methoxy groups -OCH3 is 1. The molecule has 1 N–H and O–H groups in total. The molecule has 6 rings (SSSR count). The number of anilines is 1. The number of halogens is 4. The summed E-state index contributed by atoms with van der Waals surface area (Å²) >= 11 is 0. The number of aromatic nitrogens is 6. The van der Waals surface area contributed by atoms with Gasteiger partial charge in [-0.25, -0.2) is 26.8 Å². The van der Waals surface area contributed by atoms with Gasteiger partial charge in [0.2, 0.25) is 11.8 Å². The number of fused-ring (bicyclic) bond motifs is 2. The Labute approximate surface area is 207 Å². The highest BCUT2D eigenvalue weighted by atomic mass is 19.3. The van der Waals surface area contributed by atoms with Crippen LogP contribution >= 0.6 is 0 Å². The Morgan fingerprint density at radius 3 is 2.75 bits per heavy atom. The van der Waals surface area contributed by atoms with Gasteiger partial charge in [-0.05, 0) is 37.2 Å². The number of benzene rings is 1. The van der Waals surface area contributed by atoms with Crippen LogP contribution in [0.3, 0.4) is 0 Å². The molecule has 0 radical (unpaired) electrons. The minimum Gasteiger partial charge on any atom is -0.479 e. The van der Waals surface area contributed by atoms with E-state index in [9.17, 15) is 17.6 Å². The molecule has 4 aromatic rings. The van der Waals surface area contributed by atoms with E-state index in [1.54, 1.807) is 30.5 Å². The van der Waals surface area contributed by atoms with Crippen molar-refractivity contribution in [3.05, 3.63) is 30.5 Å². The highest BCUT2D eigenvalue weighted by Crippen LogP contribution is 2.46. The van der Waals surface area contributed by atoms with Gasteiger partial charge in [-0.1, -0.05) is 11.3 Å². The fourth-order valence-electron chi connectivity index (χ4n) is 4.88. The maximum atomic E-state index is 14.8. The SMILES string of the molecule is [2H]C([2H])([2H])N1CCC(Nc2nc(OC)c3c(-c4ccc5nnn(C6CC(F)(F)C6)c5c4)ccn3n2)C(F)(F)C1. The third-order valence-corrected chi connectivity index (χ3v) is 6.77. The van der Waals surface area contributed by atoms with E-state index in [1.807, 2.05) is 0 Å². The Hall–Kier alpha value is -3.48. The average molecular weight is 508 g/mol. The summed E-state index contributed by atoms with van der Waals surface area (Å²) < 4.78 is 87.3. The zero-order valence-electron chi connectivity index (χ0n) is 22.1. The molecule has 0 spiro atoms. The molecule has 9 nitrogen and oxygen atoms in total. The van der Waals surface area contributed by atoms with E-state index in [4.69, 9.17) is 8.85 Å². The van der Waals surface area contributed by atoms with E-state index in [-0.39, 0.29) is 37.6 Å². The fourth-order valence-corrected chi connectivity index (χ4v) is 4.88. The summed E-state index contributed by atoms with van der Waals surface area (Å²) in [5.41, 5.74) is 3.03. The van der Waals surface area contributed by atoms with Crippen LogP contribution < -0.4 is 10.1 Å². The molecule has 1 saturated carbocycles. The Kier molecular flexibility index (Phi) is 4.38. The summed E-state index contributed by atoms with van der Waals surface area (Å²) in [7, 11) is 1.39. The zero-order valence-corrected chi connectivity index (χ0v) is 19.1. The molecule has 1 unspecified atom stereocenters. The summed E-state index contributed by atoms with van der Waals surface area (Å²) in [5, 5.41) is 15.2. The van der Waals surface area contributed by atoms with Crippen molar-refractivity contribution in [2.45, 2.75) is 43.2 Å². The molecule has 1 aromatic carbocycles. The second-order valence-corrected chi connectivity index (χ2v) is 9.29. The Morgan fingerprint density at radius 1 is 1.19 bits per heavy atom. The molecule has 4 heterocycles. The smallest absolute Gasteiger partial charge is 0.280 e. The van der Waals surface area contributed by atoms with Gasteiger partial charge in [-0.15, -0.1) is 10.2 Å². The van der Waals surface area contributed by atoms with Gasteiger partial charge >= 0.3 is 0 Å². The van der Waals surface area contributed by atoms with Gasteiger partial charge in [0.25, 0.3) is 11.8 Å². The number of ether oxygens (including phenoxy) is 1. The zero-order chi connectivity index (χ0) is 27.7. The average Bonchev–Trinajstić information content (AvgIpc) is 3.46. The summed E-state index contributed by atoms with van der Waals surface area (Å²) in [6.45, 7) is -3.56. The minimum atomic E-state index is -3.34. The normalized spacial score (nSPS) is 23.7. The Bertz CT molecular complexity index is 1550. The number of alkyl halides is 4. The van der Waals surface area contributed by atoms with E-state index >= 15 is 0 Å². The first kappa shape index (κ1) is 19.7. The lowest BCUT2D eigenvalue weighted by molar-refractivity contribution is -0.106. The molecule has 0 bridgehead atoms. The van der Waals surface area contributed by atoms with Crippen molar-refractivity contribution in [1.82, 2.24) is 34.5 Å². The van der Waals surface area contributed by atoms with Crippen LogP contribution in [0, 0.1) is 0 Å². The fraction of sp³-hybridized carbons (Fsp3) is 0.478. The van der Waals surface area contributed by atoms with Gasteiger partial charge in [0.1, 0.15) is 11.0 Å². The van der Waals surface area contributed by atoms with E-state index in [0.29, 0.717) is 27.7 Å². The van der Waals surface area contributed by atoms with Gasteiger partial charge < -0.3 is 15.0 Å². The summed E-state index contributed by atoms with van der Waals surface area (Å²) in [6.07, 6.45) is 0.912. The second kappa shape index (κ2) is 8.02. The van der Waals surface area contributed by atoms with Crippen LogP contribution in [0.25, 0.3) is 27.7 Å². The maximum absolute atomic E-state index is 14.8. The van der Waals surface area contributed by atoms with Crippen LogP contribution in [0.2, 0.25) is 0 Å². The predicted molar refractivity (Wildman–Crippen MR) is 124 cm³/mol. The molecule has 13 heteroatoms. The Morgan fingerprint density at radius 2 is 2.03 bits per heavy atom. The van der Waals surface area contributed by atoms with Crippen molar-refractivity contribution >= 4 is 22.5 Å². The van der Waals surface area contributed by atoms with E-state index in [0.717, 1.165) is 4.90 Å². The Balaban J connectivity index is 1.31. The van der Waals surface area contributed by atoms with Crippen LogP contribution in [0.5, 0.6) is 5.88 Å². The summed E-state index contributed by atoms with van der Waals surface area (Å²) in [5.74, 6) is -6.01. The lowest BCUT2D eigenvalue weighted by atomic mass is 9.88. The van der Waals surface area contributed by atoms with Crippen molar-refractivity contribution in [2.24, 2.45) is 0 Å². The van der Waals surface area contributed by atoms with Crippen LogP contribution in [0.4, 0.5) is 23.5 Å². The number of nitrogens with one attached hydrogen (secondary N) is 1. The van der Waals surface area contributed by atoms with Gasteiger partial charge in [0.05, 0.1) is 31.3 Å². The lowest BCUT2D eigenvalue weighted by Gasteiger charge is -2.36. The summed E-state index contributed by atoms with van der Waals surface area (Å²) in [6, 6.07) is 5.28. The molecular formula is C23H24F4N8O. The van der Waals surface area contributed by atoms with Crippen LogP contribution in [0.15, 0.2) is 30.5 Å². The summed E-state index contributed by atoms with van der Waals surface area (Å²) in [4.78, 5) is 5.09. The standard InChI is InChI=1S/C23H24F4N8O/c1-33-7-6-18(23(26,27)12-33)28-21-29-20(36-2)19-15(5-8-34(19)31-21)13-3-4-16-17(9-13)35(32-30-16)14-10-22(24,25)11-14/h3-5,8-9,14,18H,6-7,10-12H2,1-2H3,(H,28,31)/i1D3. The first-order chi connectivity index (χ1) is 18.3. The van der Waals surface area contributed by atoms with Crippen molar-refractivity contribution in [1.29, 1.82) is 0 Å². The van der Waals surface area contributed by atoms with Crippen molar-refractivity contribution in [2.75, 3.05) is 32.5 Å². The third-order valence-electron chi connectivity index (χ3n) is 6.77. The first-order valence-electron chi connectivity index (χ1n) is 12.9. The largest absolute Gasteiger partial charge is 0.479 e. The predicted octanol–water partition coefficient (Wildman–Crippen LogP) is 3.87.